The number of rotatable bonds is 5. The Kier molecular flexibility index (Phi) is 3.99. The van der Waals surface area contributed by atoms with E-state index in [1.54, 1.807) is 12.1 Å². The maximum Gasteiger partial charge on any atom is 0.273 e. The molecule has 2 rings (SSSR count). The van der Waals surface area contributed by atoms with Crippen molar-refractivity contribution in [2.45, 2.75) is 31.4 Å². The van der Waals surface area contributed by atoms with Gasteiger partial charge in [0.15, 0.2) is 0 Å². The second kappa shape index (κ2) is 5.34. The topological polar surface area (TPSA) is 75.4 Å². The van der Waals surface area contributed by atoms with Crippen LogP contribution in [0.3, 0.4) is 0 Å². The van der Waals surface area contributed by atoms with Gasteiger partial charge in [-0.15, -0.1) is 0 Å². The molecule has 0 saturated heterocycles. The zero-order valence-electron chi connectivity index (χ0n) is 9.86. The molecule has 0 spiro atoms. The molecule has 98 valence electrons. The van der Waals surface area contributed by atoms with Gasteiger partial charge in [-0.3, -0.25) is 10.1 Å². The molecule has 5 nitrogen and oxygen atoms in total. The SMILES string of the molecule is O=[N+]([O-])c1ccc(Br)cc1CNCC1(O)CCC1. The first-order valence-corrected chi connectivity index (χ1v) is 6.65. The van der Waals surface area contributed by atoms with E-state index < -0.39 is 5.60 Å². The number of nitrogens with zero attached hydrogens (tertiary/aromatic N) is 1. The Balaban J connectivity index is 1.99. The number of halogens is 1. The zero-order valence-corrected chi connectivity index (χ0v) is 11.4. The van der Waals surface area contributed by atoms with Gasteiger partial charge < -0.3 is 10.4 Å². The van der Waals surface area contributed by atoms with E-state index in [4.69, 9.17) is 0 Å². The third-order valence-electron chi connectivity index (χ3n) is 3.29. The maximum atomic E-state index is 10.9. The van der Waals surface area contributed by atoms with Crippen LogP contribution in [0.1, 0.15) is 24.8 Å². The number of aliphatic hydroxyl groups is 1. The van der Waals surface area contributed by atoms with Gasteiger partial charge in [0.2, 0.25) is 0 Å². The van der Waals surface area contributed by atoms with E-state index in [0.29, 0.717) is 18.7 Å². The van der Waals surface area contributed by atoms with E-state index in [1.165, 1.54) is 6.07 Å². The van der Waals surface area contributed by atoms with Crippen molar-refractivity contribution >= 4 is 21.6 Å². The molecule has 1 aromatic rings. The predicted molar refractivity (Wildman–Crippen MR) is 71.3 cm³/mol. The lowest BCUT2D eigenvalue weighted by Crippen LogP contribution is -2.46. The standard InChI is InChI=1S/C12H15BrN2O3/c13-10-2-3-11(15(17)18)9(6-10)7-14-8-12(16)4-1-5-12/h2-3,6,14,16H,1,4-5,7-8H2. The Morgan fingerprint density at radius 2 is 2.22 bits per heavy atom. The largest absolute Gasteiger partial charge is 0.389 e. The average molecular weight is 315 g/mol. The molecular formula is C12H15BrN2O3. The van der Waals surface area contributed by atoms with E-state index in [-0.39, 0.29) is 10.6 Å². The highest BCUT2D eigenvalue weighted by Crippen LogP contribution is 2.31. The maximum absolute atomic E-state index is 10.9. The third kappa shape index (κ3) is 3.07. The van der Waals surface area contributed by atoms with Crippen LogP contribution in [0.2, 0.25) is 0 Å². The van der Waals surface area contributed by atoms with E-state index in [0.717, 1.165) is 23.7 Å². The molecule has 0 aromatic heterocycles. The van der Waals surface area contributed by atoms with Gasteiger partial charge in [0.05, 0.1) is 10.5 Å². The van der Waals surface area contributed by atoms with Gasteiger partial charge in [-0.25, -0.2) is 0 Å². The Morgan fingerprint density at radius 3 is 2.78 bits per heavy atom. The highest BCUT2D eigenvalue weighted by atomic mass is 79.9. The molecule has 0 heterocycles. The number of nitrogens with one attached hydrogen (secondary N) is 1. The minimum atomic E-state index is -0.610. The molecule has 1 aliphatic rings. The van der Waals surface area contributed by atoms with Crippen molar-refractivity contribution in [1.82, 2.24) is 5.32 Å². The van der Waals surface area contributed by atoms with Crippen molar-refractivity contribution in [3.8, 4) is 0 Å². The molecule has 1 aromatic carbocycles. The number of benzene rings is 1. The summed E-state index contributed by atoms with van der Waals surface area (Å²) in [6.07, 6.45) is 2.66. The molecule has 0 amide bonds. The molecule has 0 radical (unpaired) electrons. The summed E-state index contributed by atoms with van der Waals surface area (Å²) in [7, 11) is 0. The highest BCUT2D eigenvalue weighted by molar-refractivity contribution is 9.10. The fourth-order valence-corrected chi connectivity index (χ4v) is 2.47. The lowest BCUT2D eigenvalue weighted by molar-refractivity contribution is -0.385. The van der Waals surface area contributed by atoms with Crippen LogP contribution in [-0.4, -0.2) is 22.2 Å². The number of hydrogen-bond donors (Lipinski definition) is 2. The van der Waals surface area contributed by atoms with Crippen LogP contribution in [0.25, 0.3) is 0 Å². The normalized spacial score (nSPS) is 17.2. The Morgan fingerprint density at radius 1 is 1.50 bits per heavy atom. The van der Waals surface area contributed by atoms with Gasteiger partial charge in [0, 0.05) is 29.2 Å². The molecule has 0 unspecified atom stereocenters. The highest BCUT2D eigenvalue weighted by Gasteiger charge is 2.33. The summed E-state index contributed by atoms with van der Waals surface area (Å²) < 4.78 is 0.812. The first kappa shape index (κ1) is 13.5. The summed E-state index contributed by atoms with van der Waals surface area (Å²) in [6, 6.07) is 4.87. The predicted octanol–water partition coefficient (Wildman–Crippen LogP) is 2.36. The van der Waals surface area contributed by atoms with Gasteiger partial charge in [0.25, 0.3) is 5.69 Å². The zero-order chi connectivity index (χ0) is 13.2. The quantitative estimate of drug-likeness (QED) is 0.646. The summed E-state index contributed by atoms with van der Waals surface area (Å²) in [5, 5.41) is 23.9. The molecule has 6 heteroatoms. The van der Waals surface area contributed by atoms with E-state index in [2.05, 4.69) is 21.2 Å². The summed E-state index contributed by atoms with van der Waals surface area (Å²) in [6.45, 7) is 0.870. The van der Waals surface area contributed by atoms with Crippen molar-refractivity contribution in [2.75, 3.05) is 6.54 Å². The Hall–Kier alpha value is -0.980. The summed E-state index contributed by atoms with van der Waals surface area (Å²) >= 11 is 3.30. The molecule has 1 fully saturated rings. The lowest BCUT2D eigenvalue weighted by atomic mass is 9.80. The van der Waals surface area contributed by atoms with Crippen LogP contribution in [0.4, 0.5) is 5.69 Å². The van der Waals surface area contributed by atoms with E-state index >= 15 is 0 Å². The van der Waals surface area contributed by atoms with Crippen LogP contribution in [0.15, 0.2) is 22.7 Å². The first-order valence-electron chi connectivity index (χ1n) is 5.86. The second-order valence-electron chi connectivity index (χ2n) is 4.71. The summed E-state index contributed by atoms with van der Waals surface area (Å²) in [4.78, 5) is 10.5. The molecule has 0 aliphatic heterocycles. The van der Waals surface area contributed by atoms with Gasteiger partial charge in [0.1, 0.15) is 0 Å². The van der Waals surface area contributed by atoms with Crippen LogP contribution >= 0.6 is 15.9 Å². The van der Waals surface area contributed by atoms with Gasteiger partial charge in [-0.1, -0.05) is 15.9 Å². The van der Waals surface area contributed by atoms with Crippen molar-refractivity contribution in [2.24, 2.45) is 0 Å². The van der Waals surface area contributed by atoms with Crippen LogP contribution in [0.5, 0.6) is 0 Å². The lowest BCUT2D eigenvalue weighted by Gasteiger charge is -2.36. The molecule has 18 heavy (non-hydrogen) atoms. The fourth-order valence-electron chi connectivity index (χ4n) is 2.07. The summed E-state index contributed by atoms with van der Waals surface area (Å²) in [5.74, 6) is 0. The second-order valence-corrected chi connectivity index (χ2v) is 5.63. The molecule has 2 N–H and O–H groups in total. The monoisotopic (exact) mass is 314 g/mol. The van der Waals surface area contributed by atoms with Gasteiger partial charge >= 0.3 is 0 Å². The van der Waals surface area contributed by atoms with Crippen LogP contribution in [-0.2, 0) is 6.54 Å². The molecule has 1 saturated carbocycles. The average Bonchev–Trinajstić information content (AvgIpc) is 2.26. The number of nitro groups is 1. The number of hydrogen-bond acceptors (Lipinski definition) is 4. The van der Waals surface area contributed by atoms with E-state index in [9.17, 15) is 15.2 Å². The molecule has 0 bridgehead atoms. The first-order chi connectivity index (χ1) is 8.50. The van der Waals surface area contributed by atoms with Crippen molar-refractivity contribution < 1.29 is 10.0 Å². The smallest absolute Gasteiger partial charge is 0.273 e. The minimum Gasteiger partial charge on any atom is -0.389 e. The fraction of sp³-hybridized carbons (Fsp3) is 0.500. The van der Waals surface area contributed by atoms with Gasteiger partial charge in [-0.05, 0) is 31.4 Å². The third-order valence-corrected chi connectivity index (χ3v) is 3.79. The summed E-state index contributed by atoms with van der Waals surface area (Å²) in [5.41, 5.74) is 0.115. The van der Waals surface area contributed by atoms with Crippen LogP contribution in [0, 0.1) is 10.1 Å². The van der Waals surface area contributed by atoms with Crippen molar-refractivity contribution in [3.63, 3.8) is 0 Å². The Labute approximate surface area is 113 Å². The van der Waals surface area contributed by atoms with Gasteiger partial charge in [-0.2, -0.15) is 0 Å². The number of nitro benzene ring substituents is 1. The minimum absolute atomic E-state index is 0.103. The molecular weight excluding hydrogens is 300 g/mol. The van der Waals surface area contributed by atoms with Crippen molar-refractivity contribution in [3.05, 3.63) is 38.3 Å². The molecule has 0 atom stereocenters. The van der Waals surface area contributed by atoms with Crippen molar-refractivity contribution in [1.29, 1.82) is 0 Å². The van der Waals surface area contributed by atoms with E-state index in [1.807, 2.05) is 0 Å². The molecule has 1 aliphatic carbocycles. The van der Waals surface area contributed by atoms with Crippen LogP contribution < -0.4 is 5.32 Å². The Bertz CT molecular complexity index is 461.